The Morgan fingerprint density at radius 2 is 1.67 bits per heavy atom. The van der Waals surface area contributed by atoms with Crippen LogP contribution < -0.4 is 15.2 Å². The molecule has 9 heteroatoms. The van der Waals surface area contributed by atoms with Gasteiger partial charge in [0.05, 0.1) is 20.6 Å². The van der Waals surface area contributed by atoms with Crippen molar-refractivity contribution in [2.45, 2.75) is 12.6 Å². The number of methoxy groups -OCH3 is 2. The molecule has 1 rings (SSSR count). The molecule has 0 heterocycles. The number of benzene rings is 1. The van der Waals surface area contributed by atoms with Crippen molar-refractivity contribution in [3.63, 3.8) is 0 Å². The van der Waals surface area contributed by atoms with Gasteiger partial charge in [0.15, 0.2) is 11.5 Å². The number of alkyl halides is 3. The van der Waals surface area contributed by atoms with E-state index in [4.69, 9.17) is 25.1 Å². The summed E-state index contributed by atoms with van der Waals surface area (Å²) in [6, 6.07) is 5.27. The van der Waals surface area contributed by atoms with Gasteiger partial charge in [-0.05, 0) is 17.7 Å². The number of aliphatic carboxylic acids is 1. The maximum Gasteiger partial charge on any atom is 0.490 e. The number of amides is 1. The molecule has 0 aliphatic heterocycles. The highest BCUT2D eigenvalue weighted by molar-refractivity contribution is 5.76. The average molecular weight is 309 g/mol. The number of carboxylic acid groups (broad SMARTS) is 1. The maximum absolute atomic E-state index is 10.7. The van der Waals surface area contributed by atoms with Crippen LogP contribution in [0.5, 0.6) is 11.5 Å². The lowest BCUT2D eigenvalue weighted by Gasteiger charge is -2.08. The van der Waals surface area contributed by atoms with E-state index in [9.17, 15) is 18.0 Å². The van der Waals surface area contributed by atoms with Crippen LogP contribution in [0.2, 0.25) is 0 Å². The second-order valence-electron chi connectivity index (χ2n) is 3.64. The molecular formula is C12H14F3NO5. The van der Waals surface area contributed by atoms with Crippen molar-refractivity contribution in [3.05, 3.63) is 23.8 Å². The topological polar surface area (TPSA) is 98.9 Å². The average Bonchev–Trinajstić information content (AvgIpc) is 2.37. The summed E-state index contributed by atoms with van der Waals surface area (Å²) in [5, 5.41) is 7.12. The van der Waals surface area contributed by atoms with Crippen molar-refractivity contribution in [2.75, 3.05) is 14.2 Å². The molecule has 0 bridgehead atoms. The third-order valence-corrected chi connectivity index (χ3v) is 2.07. The lowest BCUT2D eigenvalue weighted by molar-refractivity contribution is -0.192. The monoisotopic (exact) mass is 309 g/mol. The summed E-state index contributed by atoms with van der Waals surface area (Å²) in [4.78, 5) is 19.6. The van der Waals surface area contributed by atoms with E-state index in [1.165, 1.54) is 0 Å². The van der Waals surface area contributed by atoms with E-state index in [0.717, 1.165) is 5.56 Å². The summed E-state index contributed by atoms with van der Waals surface area (Å²) in [7, 11) is 3.11. The fraction of sp³-hybridized carbons (Fsp3) is 0.333. The van der Waals surface area contributed by atoms with Crippen molar-refractivity contribution in [2.24, 2.45) is 5.73 Å². The normalized spacial score (nSPS) is 10.1. The van der Waals surface area contributed by atoms with Crippen LogP contribution in [0.1, 0.15) is 5.56 Å². The lowest BCUT2D eigenvalue weighted by Crippen LogP contribution is -2.21. The predicted octanol–water partition coefficient (Wildman–Crippen LogP) is 1.36. The molecular weight excluding hydrogens is 295 g/mol. The molecule has 0 fully saturated rings. The van der Waals surface area contributed by atoms with Crippen LogP contribution >= 0.6 is 0 Å². The van der Waals surface area contributed by atoms with Gasteiger partial charge in [-0.3, -0.25) is 4.79 Å². The highest BCUT2D eigenvalue weighted by atomic mass is 19.4. The highest BCUT2D eigenvalue weighted by Crippen LogP contribution is 2.27. The van der Waals surface area contributed by atoms with Crippen LogP contribution in [0.3, 0.4) is 0 Å². The van der Waals surface area contributed by atoms with Gasteiger partial charge in [0, 0.05) is 0 Å². The van der Waals surface area contributed by atoms with Crippen LogP contribution in [-0.2, 0) is 16.0 Å². The number of hydrogen-bond acceptors (Lipinski definition) is 4. The Kier molecular flexibility index (Phi) is 7.05. The molecule has 1 aromatic carbocycles. The quantitative estimate of drug-likeness (QED) is 0.875. The Balaban J connectivity index is 0.000000486. The minimum Gasteiger partial charge on any atom is -0.493 e. The van der Waals surface area contributed by atoms with Crippen LogP contribution in [0.25, 0.3) is 0 Å². The molecule has 0 spiro atoms. The van der Waals surface area contributed by atoms with Crippen LogP contribution in [0.4, 0.5) is 13.2 Å². The van der Waals surface area contributed by atoms with E-state index in [2.05, 4.69) is 0 Å². The van der Waals surface area contributed by atoms with Crippen molar-refractivity contribution in [1.29, 1.82) is 0 Å². The zero-order chi connectivity index (χ0) is 16.6. The Morgan fingerprint density at radius 1 is 1.19 bits per heavy atom. The molecule has 1 amide bonds. The van der Waals surface area contributed by atoms with Gasteiger partial charge in [-0.1, -0.05) is 6.07 Å². The van der Waals surface area contributed by atoms with Gasteiger partial charge < -0.3 is 20.3 Å². The summed E-state index contributed by atoms with van der Waals surface area (Å²) >= 11 is 0. The zero-order valence-electron chi connectivity index (χ0n) is 11.2. The first-order valence-electron chi connectivity index (χ1n) is 5.41. The van der Waals surface area contributed by atoms with Crippen LogP contribution in [0, 0.1) is 0 Å². The molecule has 0 saturated heterocycles. The zero-order valence-corrected chi connectivity index (χ0v) is 11.2. The summed E-state index contributed by atoms with van der Waals surface area (Å²) < 4.78 is 41.9. The van der Waals surface area contributed by atoms with Crippen molar-refractivity contribution in [1.82, 2.24) is 0 Å². The Bertz CT molecular complexity index is 502. The number of ether oxygens (including phenoxy) is 2. The number of carbonyl (C=O) groups is 2. The van der Waals surface area contributed by atoms with Gasteiger partial charge in [-0.15, -0.1) is 0 Å². The number of primary amides is 1. The number of carbonyl (C=O) groups excluding carboxylic acids is 1. The van der Waals surface area contributed by atoms with E-state index in [1.807, 2.05) is 0 Å². The minimum atomic E-state index is -5.08. The van der Waals surface area contributed by atoms with Crippen LogP contribution in [0.15, 0.2) is 18.2 Å². The lowest BCUT2D eigenvalue weighted by atomic mass is 10.1. The molecule has 0 aromatic heterocycles. The number of nitrogens with two attached hydrogens (primary N) is 1. The highest BCUT2D eigenvalue weighted by Gasteiger charge is 2.38. The Labute approximate surface area is 118 Å². The largest absolute Gasteiger partial charge is 0.493 e. The molecule has 3 N–H and O–H groups in total. The van der Waals surface area contributed by atoms with Gasteiger partial charge in [-0.25, -0.2) is 4.79 Å². The fourth-order valence-electron chi connectivity index (χ4n) is 1.19. The van der Waals surface area contributed by atoms with Crippen molar-refractivity contribution < 1.29 is 37.3 Å². The molecule has 0 aliphatic carbocycles. The van der Waals surface area contributed by atoms with Gasteiger partial charge in [0.1, 0.15) is 0 Å². The number of carboxylic acids is 1. The Hall–Kier alpha value is -2.45. The standard InChI is InChI=1S/C10H13NO3.C2HF3O2/c1-13-8-4-3-7(6-10(11)12)5-9(8)14-2;3-2(4,5)1(6)7/h3-5H,6H2,1-2H3,(H2,11,12);(H,6,7). The molecule has 0 radical (unpaired) electrons. The Morgan fingerprint density at radius 3 is 2.00 bits per heavy atom. The van der Waals surface area contributed by atoms with Crippen molar-refractivity contribution in [3.8, 4) is 11.5 Å². The van der Waals surface area contributed by atoms with E-state index in [1.54, 1.807) is 32.4 Å². The van der Waals surface area contributed by atoms with E-state index >= 15 is 0 Å². The number of hydrogen-bond donors (Lipinski definition) is 2. The summed E-state index contributed by atoms with van der Waals surface area (Å²) in [5.74, 6) is -1.88. The first-order chi connectivity index (χ1) is 9.61. The SMILES string of the molecule is COc1ccc(CC(N)=O)cc1OC.O=C(O)C(F)(F)F. The van der Waals surface area contributed by atoms with Gasteiger partial charge in [0.25, 0.3) is 0 Å². The van der Waals surface area contributed by atoms with Gasteiger partial charge in [-0.2, -0.15) is 13.2 Å². The molecule has 0 aliphatic rings. The smallest absolute Gasteiger partial charge is 0.490 e. The second-order valence-corrected chi connectivity index (χ2v) is 3.64. The fourth-order valence-corrected chi connectivity index (χ4v) is 1.19. The molecule has 21 heavy (non-hydrogen) atoms. The summed E-state index contributed by atoms with van der Waals surface area (Å²) in [5.41, 5.74) is 5.89. The summed E-state index contributed by atoms with van der Waals surface area (Å²) in [6.45, 7) is 0. The molecule has 0 unspecified atom stereocenters. The van der Waals surface area contributed by atoms with Gasteiger partial charge in [0.2, 0.25) is 5.91 Å². The van der Waals surface area contributed by atoms with E-state index in [0.29, 0.717) is 11.5 Å². The number of halogens is 3. The van der Waals surface area contributed by atoms with Crippen LogP contribution in [-0.4, -0.2) is 37.4 Å². The molecule has 1 aromatic rings. The molecule has 118 valence electrons. The third-order valence-electron chi connectivity index (χ3n) is 2.07. The second kappa shape index (κ2) is 7.98. The van der Waals surface area contributed by atoms with E-state index < -0.39 is 12.1 Å². The molecule has 0 atom stereocenters. The van der Waals surface area contributed by atoms with E-state index in [-0.39, 0.29) is 12.3 Å². The first-order valence-corrected chi connectivity index (χ1v) is 5.41. The third kappa shape index (κ3) is 7.04. The minimum absolute atomic E-state index is 0.209. The van der Waals surface area contributed by atoms with Crippen molar-refractivity contribution >= 4 is 11.9 Å². The van der Waals surface area contributed by atoms with Gasteiger partial charge >= 0.3 is 12.1 Å². The number of rotatable bonds is 4. The molecule has 0 saturated carbocycles. The first kappa shape index (κ1) is 18.6. The maximum atomic E-state index is 10.7. The summed E-state index contributed by atoms with van der Waals surface area (Å²) in [6.07, 6.45) is -4.87. The predicted molar refractivity (Wildman–Crippen MR) is 66.1 cm³/mol. The molecule has 6 nitrogen and oxygen atoms in total.